The van der Waals surface area contributed by atoms with E-state index in [0.717, 1.165) is 37.2 Å². The van der Waals surface area contributed by atoms with E-state index in [4.69, 9.17) is 10.00 Å². The summed E-state index contributed by atoms with van der Waals surface area (Å²) in [6.45, 7) is 1.81. The van der Waals surface area contributed by atoms with E-state index >= 15 is 0 Å². The van der Waals surface area contributed by atoms with Crippen LogP contribution in [0, 0.1) is 11.3 Å². The number of nitrogens with one attached hydrogen (secondary N) is 1. The summed E-state index contributed by atoms with van der Waals surface area (Å²) in [7, 11) is 0. The van der Waals surface area contributed by atoms with E-state index in [0.29, 0.717) is 0 Å². The smallest absolute Gasteiger partial charge is 0.174 e. The topological polar surface area (TPSA) is 45.0 Å². The number of nitrogens with zero attached hydrogens (tertiary/aromatic N) is 1. The number of nitriles is 1. The van der Waals surface area contributed by atoms with E-state index in [1.54, 1.807) is 0 Å². The number of para-hydroxylation sites is 1. The third-order valence-electron chi connectivity index (χ3n) is 3.24. The molecule has 0 aliphatic heterocycles. The van der Waals surface area contributed by atoms with Gasteiger partial charge in [-0.2, -0.15) is 5.26 Å². The fraction of sp³-hybridized carbons (Fsp3) is 0.278. The maximum absolute atomic E-state index is 8.58. The normalized spacial score (nSPS) is 10.0. The quantitative estimate of drug-likeness (QED) is 0.754. The zero-order chi connectivity index (χ0) is 14.8. The fourth-order valence-electron chi connectivity index (χ4n) is 2.19. The molecule has 3 heteroatoms. The van der Waals surface area contributed by atoms with Crippen LogP contribution in [0.25, 0.3) is 0 Å². The minimum Gasteiger partial charge on any atom is -0.478 e. The van der Waals surface area contributed by atoms with Crippen molar-refractivity contribution < 1.29 is 4.74 Å². The molecule has 2 aromatic carbocycles. The van der Waals surface area contributed by atoms with Gasteiger partial charge in [0.2, 0.25) is 0 Å². The Morgan fingerprint density at radius 3 is 2.57 bits per heavy atom. The summed E-state index contributed by atoms with van der Waals surface area (Å²) in [5, 5.41) is 12.0. The van der Waals surface area contributed by atoms with E-state index in [1.807, 2.05) is 36.4 Å². The summed E-state index contributed by atoms with van der Waals surface area (Å²) in [6.07, 6.45) is 2.19. The van der Waals surface area contributed by atoms with E-state index < -0.39 is 0 Å². The SMILES string of the molecule is N#CCOc1ccccc1CNCCCc1ccccc1. The Morgan fingerprint density at radius 1 is 1.00 bits per heavy atom. The summed E-state index contributed by atoms with van der Waals surface area (Å²) in [5.41, 5.74) is 2.46. The molecule has 0 aromatic heterocycles. The lowest BCUT2D eigenvalue weighted by molar-refractivity contribution is 0.362. The molecule has 0 unspecified atom stereocenters. The Morgan fingerprint density at radius 2 is 1.76 bits per heavy atom. The predicted octanol–water partition coefficient (Wildman–Crippen LogP) is 3.31. The number of aryl methyl sites for hydroxylation is 1. The molecule has 0 saturated heterocycles. The van der Waals surface area contributed by atoms with E-state index in [9.17, 15) is 0 Å². The van der Waals surface area contributed by atoms with Crippen molar-refractivity contribution in [3.05, 3.63) is 65.7 Å². The first-order valence-corrected chi connectivity index (χ1v) is 7.22. The minimum atomic E-state index is 0.0883. The molecular formula is C18H20N2O. The zero-order valence-electron chi connectivity index (χ0n) is 12.1. The molecule has 0 amide bonds. The molecule has 108 valence electrons. The second-order valence-corrected chi connectivity index (χ2v) is 4.82. The van der Waals surface area contributed by atoms with Crippen molar-refractivity contribution in [2.75, 3.05) is 13.2 Å². The second kappa shape index (κ2) is 8.78. The van der Waals surface area contributed by atoms with Crippen LogP contribution >= 0.6 is 0 Å². The molecule has 2 rings (SSSR count). The standard InChI is InChI=1S/C18H20N2O/c19-12-14-21-18-11-5-4-10-17(18)15-20-13-6-9-16-7-2-1-3-8-16/h1-5,7-8,10-11,20H,6,9,13-15H2. The third-order valence-corrected chi connectivity index (χ3v) is 3.24. The van der Waals surface area contributed by atoms with Crippen molar-refractivity contribution in [3.63, 3.8) is 0 Å². The molecule has 3 nitrogen and oxygen atoms in total. The molecular weight excluding hydrogens is 260 g/mol. The van der Waals surface area contributed by atoms with Crippen LogP contribution < -0.4 is 10.1 Å². The number of ether oxygens (including phenoxy) is 1. The average Bonchev–Trinajstić information content (AvgIpc) is 2.54. The van der Waals surface area contributed by atoms with Gasteiger partial charge in [0, 0.05) is 12.1 Å². The number of hydrogen-bond donors (Lipinski definition) is 1. The van der Waals surface area contributed by atoms with Gasteiger partial charge in [-0.05, 0) is 31.0 Å². The highest BCUT2D eigenvalue weighted by Gasteiger charge is 2.02. The van der Waals surface area contributed by atoms with Crippen molar-refractivity contribution in [2.24, 2.45) is 0 Å². The molecule has 0 spiro atoms. The van der Waals surface area contributed by atoms with E-state index in [-0.39, 0.29) is 6.61 Å². The Labute approximate surface area is 126 Å². The van der Waals surface area contributed by atoms with Crippen LogP contribution in [-0.2, 0) is 13.0 Å². The molecule has 0 aliphatic carbocycles. The summed E-state index contributed by atoms with van der Waals surface area (Å²) in [5.74, 6) is 0.787. The molecule has 0 radical (unpaired) electrons. The van der Waals surface area contributed by atoms with Crippen LogP contribution in [0.1, 0.15) is 17.5 Å². The Balaban J connectivity index is 1.72. The Bertz CT molecular complexity index is 575. The summed E-state index contributed by atoms with van der Waals surface area (Å²) in [6, 6.07) is 20.3. The lowest BCUT2D eigenvalue weighted by Gasteiger charge is -2.10. The Hall–Kier alpha value is -2.31. The van der Waals surface area contributed by atoms with Crippen molar-refractivity contribution >= 4 is 0 Å². The molecule has 0 bridgehead atoms. The number of hydrogen-bond acceptors (Lipinski definition) is 3. The lowest BCUT2D eigenvalue weighted by Crippen LogP contribution is -2.16. The second-order valence-electron chi connectivity index (χ2n) is 4.82. The van der Waals surface area contributed by atoms with Crippen LogP contribution in [0.5, 0.6) is 5.75 Å². The summed E-state index contributed by atoms with van der Waals surface area (Å²) in [4.78, 5) is 0. The molecule has 0 saturated carbocycles. The van der Waals surface area contributed by atoms with Crippen LogP contribution in [0.3, 0.4) is 0 Å². The lowest BCUT2D eigenvalue weighted by atomic mass is 10.1. The molecule has 2 aromatic rings. The number of rotatable bonds is 8. The van der Waals surface area contributed by atoms with Crippen molar-refractivity contribution in [3.8, 4) is 11.8 Å². The van der Waals surface area contributed by atoms with E-state index in [2.05, 4.69) is 29.6 Å². The van der Waals surface area contributed by atoms with Crippen molar-refractivity contribution in [1.29, 1.82) is 5.26 Å². The van der Waals surface area contributed by atoms with Gasteiger partial charge in [0.25, 0.3) is 0 Å². The average molecular weight is 280 g/mol. The van der Waals surface area contributed by atoms with Crippen LogP contribution in [-0.4, -0.2) is 13.2 Å². The maximum atomic E-state index is 8.58. The van der Waals surface area contributed by atoms with Crippen LogP contribution in [0.15, 0.2) is 54.6 Å². The van der Waals surface area contributed by atoms with Crippen molar-refractivity contribution in [1.82, 2.24) is 5.32 Å². The van der Waals surface area contributed by atoms with Gasteiger partial charge in [0.05, 0.1) is 0 Å². The molecule has 0 atom stereocenters. The van der Waals surface area contributed by atoms with Crippen LogP contribution in [0.4, 0.5) is 0 Å². The molecule has 1 N–H and O–H groups in total. The van der Waals surface area contributed by atoms with E-state index in [1.165, 1.54) is 5.56 Å². The molecule has 0 heterocycles. The largest absolute Gasteiger partial charge is 0.478 e. The monoisotopic (exact) mass is 280 g/mol. The first-order valence-electron chi connectivity index (χ1n) is 7.22. The van der Waals surface area contributed by atoms with Gasteiger partial charge in [-0.3, -0.25) is 0 Å². The fourth-order valence-corrected chi connectivity index (χ4v) is 2.19. The highest BCUT2D eigenvalue weighted by molar-refractivity contribution is 5.33. The molecule has 0 aliphatic rings. The van der Waals surface area contributed by atoms with Gasteiger partial charge >= 0.3 is 0 Å². The highest BCUT2D eigenvalue weighted by Crippen LogP contribution is 2.17. The first kappa shape index (κ1) is 15.1. The predicted molar refractivity (Wildman–Crippen MR) is 84.0 cm³/mol. The molecule has 21 heavy (non-hydrogen) atoms. The minimum absolute atomic E-state index is 0.0883. The van der Waals surface area contributed by atoms with Gasteiger partial charge < -0.3 is 10.1 Å². The number of benzene rings is 2. The maximum Gasteiger partial charge on any atom is 0.174 e. The highest BCUT2D eigenvalue weighted by atomic mass is 16.5. The summed E-state index contributed by atoms with van der Waals surface area (Å²) >= 11 is 0. The van der Waals surface area contributed by atoms with Gasteiger partial charge in [-0.25, -0.2) is 0 Å². The van der Waals surface area contributed by atoms with Crippen molar-refractivity contribution in [2.45, 2.75) is 19.4 Å². The summed E-state index contributed by atoms with van der Waals surface area (Å²) < 4.78 is 5.41. The molecule has 0 fully saturated rings. The van der Waals surface area contributed by atoms with Gasteiger partial charge in [-0.1, -0.05) is 48.5 Å². The Kier molecular flexibility index (Phi) is 6.31. The zero-order valence-corrected chi connectivity index (χ0v) is 12.1. The van der Waals surface area contributed by atoms with Gasteiger partial charge in [0.1, 0.15) is 11.8 Å². The van der Waals surface area contributed by atoms with Gasteiger partial charge in [0.15, 0.2) is 6.61 Å². The van der Waals surface area contributed by atoms with Gasteiger partial charge in [-0.15, -0.1) is 0 Å². The van der Waals surface area contributed by atoms with Crippen LogP contribution in [0.2, 0.25) is 0 Å². The third kappa shape index (κ3) is 5.29. The first-order chi connectivity index (χ1) is 10.4.